The summed E-state index contributed by atoms with van der Waals surface area (Å²) in [4.78, 5) is 31.4. The molecule has 1 saturated heterocycles. The molecule has 8 nitrogen and oxygen atoms in total. The number of rotatable bonds is 7. The van der Waals surface area contributed by atoms with E-state index in [9.17, 15) is 4.79 Å². The van der Waals surface area contributed by atoms with Crippen molar-refractivity contribution in [3.8, 4) is 11.1 Å². The Labute approximate surface area is 235 Å². The van der Waals surface area contributed by atoms with Crippen LogP contribution in [0.2, 0.25) is 0 Å². The van der Waals surface area contributed by atoms with E-state index in [0.717, 1.165) is 83.4 Å². The third kappa shape index (κ3) is 5.63. The molecule has 2 fully saturated rings. The lowest BCUT2D eigenvalue weighted by atomic mass is 9.95. The second kappa shape index (κ2) is 10.8. The number of hydrogen-bond acceptors (Lipinski definition) is 7. The fourth-order valence-corrected chi connectivity index (χ4v) is 5.50. The van der Waals surface area contributed by atoms with Crippen LogP contribution in [0.3, 0.4) is 0 Å². The van der Waals surface area contributed by atoms with Crippen LogP contribution in [0.5, 0.6) is 0 Å². The van der Waals surface area contributed by atoms with Gasteiger partial charge in [0.25, 0.3) is 5.91 Å². The quantitative estimate of drug-likeness (QED) is 0.324. The monoisotopic (exact) mass is 535 g/mol. The van der Waals surface area contributed by atoms with Gasteiger partial charge in [-0.25, -0.2) is 15.0 Å². The largest absolute Gasteiger partial charge is 0.357 e. The number of amides is 1. The molecule has 1 saturated carbocycles. The summed E-state index contributed by atoms with van der Waals surface area (Å²) in [5.41, 5.74) is 6.74. The molecule has 1 aliphatic carbocycles. The highest BCUT2D eigenvalue weighted by Gasteiger charge is 2.24. The maximum atomic E-state index is 12.6. The average Bonchev–Trinajstić information content (AvgIpc) is 3.78. The first-order chi connectivity index (χ1) is 19.3. The number of hydrogen-bond donors (Lipinski definition) is 2. The van der Waals surface area contributed by atoms with Crippen molar-refractivity contribution >= 4 is 34.3 Å². The fourth-order valence-electron chi connectivity index (χ4n) is 5.50. The van der Waals surface area contributed by atoms with Gasteiger partial charge in [-0.3, -0.25) is 4.79 Å². The van der Waals surface area contributed by atoms with Crippen molar-refractivity contribution in [1.29, 1.82) is 0 Å². The lowest BCUT2D eigenvalue weighted by Gasteiger charge is -2.35. The Balaban J connectivity index is 1.18. The van der Waals surface area contributed by atoms with Gasteiger partial charge in [-0.15, -0.1) is 0 Å². The molecule has 1 amide bonds. The molecule has 4 aromatic rings. The molecular weight excluding hydrogens is 498 g/mol. The van der Waals surface area contributed by atoms with Crippen LogP contribution in [0.15, 0.2) is 54.9 Å². The Bertz CT molecular complexity index is 1540. The van der Waals surface area contributed by atoms with Crippen molar-refractivity contribution in [1.82, 2.24) is 25.2 Å². The second-order valence-corrected chi connectivity index (χ2v) is 11.4. The zero-order valence-electron chi connectivity index (χ0n) is 23.7. The van der Waals surface area contributed by atoms with Crippen molar-refractivity contribution in [2.75, 3.05) is 37.4 Å². The summed E-state index contributed by atoms with van der Waals surface area (Å²) in [6, 6.07) is 15.2. The van der Waals surface area contributed by atoms with Crippen LogP contribution >= 0.6 is 0 Å². The number of pyridine rings is 1. The van der Waals surface area contributed by atoms with E-state index in [1.165, 1.54) is 0 Å². The van der Waals surface area contributed by atoms with Crippen LogP contribution in [0.1, 0.15) is 47.2 Å². The average molecular weight is 536 g/mol. The molecule has 2 aromatic heterocycles. The van der Waals surface area contributed by atoms with Gasteiger partial charge in [-0.1, -0.05) is 6.07 Å². The highest BCUT2D eigenvalue weighted by atomic mass is 16.1. The van der Waals surface area contributed by atoms with Crippen LogP contribution in [-0.2, 0) is 0 Å². The standard InChI is InChI=1S/C32H37N7O/c1-20-5-6-22(31(40)35-25-7-8-25)17-28(20)23-15-21(2)30-24(16-23)18-34-32(37-30)36-26-9-10-29(33-19-26)39-13-11-27(12-14-39)38(3)4/h5-6,9-10,15-19,25,27H,7-8,11-14H2,1-4H3,(H,35,40)(H,34,36,37). The van der Waals surface area contributed by atoms with E-state index >= 15 is 0 Å². The van der Waals surface area contributed by atoms with Gasteiger partial charge in [0, 0.05) is 42.3 Å². The van der Waals surface area contributed by atoms with Crippen LogP contribution in [0.4, 0.5) is 17.5 Å². The highest BCUT2D eigenvalue weighted by Crippen LogP contribution is 2.31. The number of aryl methyl sites for hydroxylation is 2. The van der Waals surface area contributed by atoms with E-state index in [4.69, 9.17) is 9.97 Å². The lowest BCUT2D eigenvalue weighted by molar-refractivity contribution is 0.0951. The Morgan fingerprint density at radius 3 is 2.42 bits per heavy atom. The smallest absolute Gasteiger partial charge is 0.251 e. The van der Waals surface area contributed by atoms with E-state index in [0.29, 0.717) is 23.6 Å². The Hall–Kier alpha value is -4.04. The molecule has 0 radical (unpaired) electrons. The van der Waals surface area contributed by atoms with Crippen molar-refractivity contribution in [2.45, 2.75) is 51.6 Å². The number of anilines is 3. The molecule has 3 heterocycles. The van der Waals surface area contributed by atoms with Gasteiger partial charge in [0.15, 0.2) is 0 Å². The summed E-state index contributed by atoms with van der Waals surface area (Å²) in [5.74, 6) is 1.55. The Morgan fingerprint density at radius 1 is 0.925 bits per heavy atom. The van der Waals surface area contributed by atoms with Gasteiger partial charge in [-0.05, 0) is 112 Å². The van der Waals surface area contributed by atoms with Crippen molar-refractivity contribution in [3.63, 3.8) is 0 Å². The number of benzene rings is 2. The Morgan fingerprint density at radius 2 is 1.73 bits per heavy atom. The van der Waals surface area contributed by atoms with Gasteiger partial charge < -0.3 is 20.4 Å². The van der Waals surface area contributed by atoms with Crippen molar-refractivity contribution < 1.29 is 4.79 Å². The molecule has 1 aliphatic heterocycles. The summed E-state index contributed by atoms with van der Waals surface area (Å²) in [6.45, 7) is 6.19. The third-order valence-corrected chi connectivity index (χ3v) is 8.12. The summed E-state index contributed by atoms with van der Waals surface area (Å²) in [5, 5.41) is 7.36. The number of piperidine rings is 1. The fraction of sp³-hybridized carbons (Fsp3) is 0.375. The molecule has 2 aromatic carbocycles. The first-order valence-electron chi connectivity index (χ1n) is 14.2. The zero-order valence-corrected chi connectivity index (χ0v) is 23.7. The van der Waals surface area contributed by atoms with Crippen molar-refractivity contribution in [3.05, 3.63) is 71.5 Å². The zero-order chi connectivity index (χ0) is 27.8. The number of nitrogens with one attached hydrogen (secondary N) is 2. The van der Waals surface area contributed by atoms with E-state index in [1.54, 1.807) is 0 Å². The predicted octanol–water partition coefficient (Wildman–Crippen LogP) is 5.47. The van der Waals surface area contributed by atoms with Gasteiger partial charge in [0.05, 0.1) is 17.4 Å². The number of aromatic nitrogens is 3. The third-order valence-electron chi connectivity index (χ3n) is 8.12. The molecular formula is C32H37N7O. The van der Waals surface area contributed by atoms with E-state index in [1.807, 2.05) is 36.7 Å². The van der Waals surface area contributed by atoms with Gasteiger partial charge in [-0.2, -0.15) is 0 Å². The first-order valence-corrected chi connectivity index (χ1v) is 14.2. The number of nitrogens with zero attached hydrogens (tertiary/aromatic N) is 5. The molecule has 0 atom stereocenters. The van der Waals surface area contributed by atoms with E-state index in [-0.39, 0.29) is 5.91 Å². The van der Waals surface area contributed by atoms with Crippen LogP contribution in [0, 0.1) is 13.8 Å². The maximum Gasteiger partial charge on any atom is 0.251 e. The SMILES string of the molecule is Cc1ccc(C(=O)NC2CC2)cc1-c1cc(C)c2nc(Nc3ccc(N4CCC(N(C)C)CC4)nc3)ncc2c1. The van der Waals surface area contributed by atoms with E-state index < -0.39 is 0 Å². The molecule has 0 unspecified atom stereocenters. The Kier molecular flexibility index (Phi) is 7.11. The molecule has 0 bridgehead atoms. The van der Waals surface area contributed by atoms with Crippen LogP contribution in [-0.4, -0.2) is 65.0 Å². The predicted molar refractivity (Wildman–Crippen MR) is 161 cm³/mol. The molecule has 6 rings (SSSR count). The van der Waals surface area contributed by atoms with Gasteiger partial charge in [0.2, 0.25) is 5.95 Å². The summed E-state index contributed by atoms with van der Waals surface area (Å²) >= 11 is 0. The number of fused-ring (bicyclic) bond motifs is 1. The molecule has 2 aliphatic rings. The first kappa shape index (κ1) is 26.2. The molecule has 8 heteroatoms. The molecule has 0 spiro atoms. The maximum absolute atomic E-state index is 12.6. The number of carbonyl (C=O) groups is 1. The van der Waals surface area contributed by atoms with Crippen LogP contribution < -0.4 is 15.5 Å². The minimum absolute atomic E-state index is 0.00303. The molecule has 206 valence electrons. The molecule has 40 heavy (non-hydrogen) atoms. The second-order valence-electron chi connectivity index (χ2n) is 11.4. The molecule has 2 N–H and O–H groups in total. The van der Waals surface area contributed by atoms with Gasteiger partial charge in [0.1, 0.15) is 5.82 Å². The summed E-state index contributed by atoms with van der Waals surface area (Å²) < 4.78 is 0. The normalized spacial score (nSPS) is 16.0. The summed E-state index contributed by atoms with van der Waals surface area (Å²) in [7, 11) is 4.32. The topological polar surface area (TPSA) is 86.3 Å². The number of carbonyl (C=O) groups excluding carboxylic acids is 1. The van der Waals surface area contributed by atoms with Gasteiger partial charge >= 0.3 is 0 Å². The van der Waals surface area contributed by atoms with Crippen molar-refractivity contribution in [2.24, 2.45) is 0 Å². The van der Waals surface area contributed by atoms with E-state index in [2.05, 4.69) is 71.6 Å². The minimum atomic E-state index is -0.00303. The van der Waals surface area contributed by atoms with Crippen LogP contribution in [0.25, 0.3) is 22.0 Å². The lowest BCUT2D eigenvalue weighted by Crippen LogP contribution is -2.42. The minimum Gasteiger partial charge on any atom is -0.357 e. The summed E-state index contributed by atoms with van der Waals surface area (Å²) in [6.07, 6.45) is 8.16. The highest BCUT2D eigenvalue weighted by molar-refractivity contribution is 5.97.